The van der Waals surface area contributed by atoms with Crippen molar-refractivity contribution >= 4 is 27.8 Å². The number of amides is 1. The summed E-state index contributed by atoms with van der Waals surface area (Å²) >= 11 is 0. The minimum atomic E-state index is -3.77. The van der Waals surface area contributed by atoms with Gasteiger partial charge in [-0.3, -0.25) is 9.52 Å². The molecule has 3 aromatic carbocycles. The van der Waals surface area contributed by atoms with Crippen LogP contribution in [-0.2, 0) is 10.0 Å². The van der Waals surface area contributed by atoms with Gasteiger partial charge in [-0.05, 0) is 91.7 Å². The van der Waals surface area contributed by atoms with Crippen LogP contribution in [0, 0.1) is 0 Å². The molecule has 8 nitrogen and oxygen atoms in total. The molecule has 0 saturated heterocycles. The number of hydrazone groups is 1. The molecule has 1 amide bonds. The van der Waals surface area contributed by atoms with Gasteiger partial charge in [0.25, 0.3) is 15.9 Å². The number of hydrogen-bond acceptors (Lipinski definition) is 6. The average Bonchev–Trinajstić information content (AvgIpc) is 2.90. The van der Waals surface area contributed by atoms with Crippen molar-refractivity contribution in [2.75, 3.05) is 17.9 Å². The van der Waals surface area contributed by atoms with Crippen LogP contribution < -0.4 is 19.6 Å². The quantitative estimate of drug-likeness (QED) is 0.162. The molecule has 0 aliphatic rings. The molecule has 0 saturated carbocycles. The van der Waals surface area contributed by atoms with E-state index in [0.29, 0.717) is 30.2 Å². The summed E-state index contributed by atoms with van der Waals surface area (Å²) in [5.74, 6) is 0.985. The van der Waals surface area contributed by atoms with E-state index in [1.165, 1.54) is 55.7 Å². The van der Waals surface area contributed by atoms with Crippen molar-refractivity contribution in [2.24, 2.45) is 5.10 Å². The molecule has 196 valence electrons. The zero-order valence-corrected chi connectivity index (χ0v) is 22.0. The van der Waals surface area contributed by atoms with Crippen molar-refractivity contribution in [1.29, 1.82) is 0 Å². The molecule has 0 spiro atoms. The molecule has 0 atom stereocenters. The third-order valence-corrected chi connectivity index (χ3v) is 6.77. The highest BCUT2D eigenvalue weighted by Crippen LogP contribution is 2.20. The van der Waals surface area contributed by atoms with Gasteiger partial charge in [0.2, 0.25) is 0 Å². The zero-order chi connectivity index (χ0) is 26.5. The molecule has 0 heterocycles. The lowest BCUT2D eigenvalue weighted by molar-refractivity contribution is 0.0955. The lowest BCUT2D eigenvalue weighted by Gasteiger charge is -2.09. The third kappa shape index (κ3) is 8.95. The van der Waals surface area contributed by atoms with E-state index in [-0.39, 0.29) is 4.90 Å². The predicted octanol–water partition coefficient (Wildman–Crippen LogP) is 5.61. The number of sulfonamides is 1. The fourth-order valence-electron chi connectivity index (χ4n) is 3.38. The van der Waals surface area contributed by atoms with E-state index in [1.54, 1.807) is 18.3 Å². The molecule has 0 bridgehead atoms. The maximum atomic E-state index is 12.6. The van der Waals surface area contributed by atoms with E-state index in [4.69, 9.17) is 9.47 Å². The first-order valence-corrected chi connectivity index (χ1v) is 13.8. The maximum Gasteiger partial charge on any atom is 0.271 e. The van der Waals surface area contributed by atoms with Gasteiger partial charge in [0.15, 0.2) is 0 Å². The topological polar surface area (TPSA) is 106 Å². The summed E-state index contributed by atoms with van der Waals surface area (Å²) in [7, 11) is -3.77. The Hall–Kier alpha value is -3.85. The molecule has 0 radical (unpaired) electrons. The Bertz CT molecular complexity index is 1260. The van der Waals surface area contributed by atoms with Crippen LogP contribution >= 0.6 is 0 Å². The number of hydrogen-bond donors (Lipinski definition) is 2. The standard InChI is InChI=1S/C28H33N3O5S/c1-3-5-6-7-20-36-26-14-8-22(9-15-26)21-29-30-28(32)23-10-12-24(13-11-23)31-37(33,34)27-18-16-25(17-19-27)35-4-2/h8-19,21,31H,3-7,20H2,1-2H3,(H,30,32). The summed E-state index contributed by atoms with van der Waals surface area (Å²) in [6.07, 6.45) is 6.17. The summed E-state index contributed by atoms with van der Waals surface area (Å²) in [5.41, 5.74) is 3.97. The Balaban J connectivity index is 1.49. The molecule has 2 N–H and O–H groups in total. The maximum absolute atomic E-state index is 12.6. The van der Waals surface area contributed by atoms with Gasteiger partial charge in [0.05, 0.1) is 24.3 Å². The molecule has 0 aliphatic carbocycles. The Morgan fingerprint density at radius 1 is 0.838 bits per heavy atom. The van der Waals surface area contributed by atoms with Gasteiger partial charge in [-0.15, -0.1) is 0 Å². The number of ether oxygens (including phenoxy) is 2. The van der Waals surface area contributed by atoms with E-state index >= 15 is 0 Å². The highest BCUT2D eigenvalue weighted by molar-refractivity contribution is 7.92. The van der Waals surface area contributed by atoms with E-state index < -0.39 is 15.9 Å². The van der Waals surface area contributed by atoms with Gasteiger partial charge in [-0.25, -0.2) is 13.8 Å². The Morgan fingerprint density at radius 3 is 2.14 bits per heavy atom. The molecule has 3 rings (SSSR count). The Labute approximate surface area is 218 Å². The SMILES string of the molecule is CCCCCCOc1ccc(C=NNC(=O)c2ccc(NS(=O)(=O)c3ccc(OCC)cc3)cc2)cc1. The second-order valence-electron chi connectivity index (χ2n) is 8.26. The van der Waals surface area contributed by atoms with Crippen LogP contribution in [0.4, 0.5) is 5.69 Å². The van der Waals surface area contributed by atoms with Gasteiger partial charge < -0.3 is 9.47 Å². The molecule has 0 unspecified atom stereocenters. The minimum absolute atomic E-state index is 0.110. The largest absolute Gasteiger partial charge is 0.494 e. The van der Waals surface area contributed by atoms with Crippen molar-refractivity contribution in [3.05, 3.63) is 83.9 Å². The third-order valence-electron chi connectivity index (χ3n) is 5.37. The molecular weight excluding hydrogens is 490 g/mol. The average molecular weight is 524 g/mol. The molecule has 0 fully saturated rings. The van der Waals surface area contributed by atoms with Gasteiger partial charge in [-0.2, -0.15) is 5.10 Å². The first-order valence-electron chi connectivity index (χ1n) is 12.3. The second-order valence-corrected chi connectivity index (χ2v) is 9.95. The molecule has 3 aromatic rings. The number of nitrogens with one attached hydrogen (secondary N) is 2. The van der Waals surface area contributed by atoms with Crippen molar-refractivity contribution in [1.82, 2.24) is 5.43 Å². The van der Waals surface area contributed by atoms with E-state index in [0.717, 1.165) is 17.7 Å². The number of benzene rings is 3. The normalized spacial score (nSPS) is 11.3. The van der Waals surface area contributed by atoms with Gasteiger partial charge in [0.1, 0.15) is 11.5 Å². The van der Waals surface area contributed by atoms with Crippen LogP contribution in [0.5, 0.6) is 11.5 Å². The highest BCUT2D eigenvalue weighted by atomic mass is 32.2. The van der Waals surface area contributed by atoms with Crippen LogP contribution in [0.3, 0.4) is 0 Å². The van der Waals surface area contributed by atoms with Crippen molar-refractivity contribution in [2.45, 2.75) is 44.4 Å². The summed E-state index contributed by atoms with van der Waals surface area (Å²) in [6.45, 7) is 5.23. The van der Waals surface area contributed by atoms with E-state index in [9.17, 15) is 13.2 Å². The van der Waals surface area contributed by atoms with Crippen LogP contribution in [0.25, 0.3) is 0 Å². The Kier molecular flexibility index (Phi) is 10.5. The first kappa shape index (κ1) is 27.7. The molecule has 9 heteroatoms. The van der Waals surface area contributed by atoms with Crippen LogP contribution in [-0.4, -0.2) is 33.8 Å². The zero-order valence-electron chi connectivity index (χ0n) is 21.1. The van der Waals surface area contributed by atoms with Crippen molar-refractivity contribution in [3.8, 4) is 11.5 Å². The lowest BCUT2D eigenvalue weighted by atomic mass is 10.2. The molecular formula is C28H33N3O5S. The first-order chi connectivity index (χ1) is 17.9. The van der Waals surface area contributed by atoms with Crippen LogP contribution in [0.15, 0.2) is 82.8 Å². The summed E-state index contributed by atoms with van der Waals surface area (Å²) in [6, 6.07) is 19.7. The molecule has 0 aliphatic heterocycles. The number of unbranched alkanes of at least 4 members (excludes halogenated alkanes) is 3. The summed E-state index contributed by atoms with van der Waals surface area (Å²) in [4.78, 5) is 12.5. The highest BCUT2D eigenvalue weighted by Gasteiger charge is 2.14. The van der Waals surface area contributed by atoms with Crippen molar-refractivity contribution in [3.63, 3.8) is 0 Å². The van der Waals surface area contributed by atoms with Gasteiger partial charge >= 0.3 is 0 Å². The number of rotatable bonds is 14. The molecule has 37 heavy (non-hydrogen) atoms. The minimum Gasteiger partial charge on any atom is -0.494 e. The summed E-state index contributed by atoms with van der Waals surface area (Å²) < 4.78 is 38.8. The van der Waals surface area contributed by atoms with Crippen LogP contribution in [0.1, 0.15) is 55.5 Å². The van der Waals surface area contributed by atoms with Gasteiger partial charge in [-0.1, -0.05) is 26.2 Å². The molecule has 0 aromatic heterocycles. The second kappa shape index (κ2) is 14.0. The van der Waals surface area contributed by atoms with E-state index in [1.807, 2.05) is 31.2 Å². The van der Waals surface area contributed by atoms with Gasteiger partial charge in [0, 0.05) is 11.3 Å². The van der Waals surface area contributed by atoms with Crippen LogP contribution in [0.2, 0.25) is 0 Å². The monoisotopic (exact) mass is 523 g/mol. The van der Waals surface area contributed by atoms with E-state index in [2.05, 4.69) is 22.2 Å². The fraction of sp³-hybridized carbons (Fsp3) is 0.286. The Morgan fingerprint density at radius 2 is 1.49 bits per heavy atom. The van der Waals surface area contributed by atoms with Crippen molar-refractivity contribution < 1.29 is 22.7 Å². The fourth-order valence-corrected chi connectivity index (χ4v) is 4.44. The predicted molar refractivity (Wildman–Crippen MR) is 146 cm³/mol. The number of nitrogens with zero attached hydrogens (tertiary/aromatic N) is 1. The number of anilines is 1. The number of carbonyl (C=O) groups is 1. The number of carbonyl (C=O) groups excluding carboxylic acids is 1. The smallest absolute Gasteiger partial charge is 0.271 e. The summed E-state index contributed by atoms with van der Waals surface area (Å²) in [5, 5.41) is 4.00. The lowest BCUT2D eigenvalue weighted by Crippen LogP contribution is -2.18.